The third-order valence-electron chi connectivity index (χ3n) is 4.30. The van der Waals surface area contributed by atoms with Crippen molar-refractivity contribution < 1.29 is 19.2 Å². The molecular weight excluding hydrogens is 398 g/mol. The van der Waals surface area contributed by atoms with Crippen LogP contribution in [0.2, 0.25) is 0 Å². The molecular formula is C24H21NO4S. The maximum absolute atomic E-state index is 12.7. The standard InChI is InChI=1S/C24H21NO4S/c1-2-21(24(27)29-25-16-10-9-15-22(25)30)28-23(26)17-20(18-11-5-3-6-12-18)19-13-7-4-8-14-19/h3-17,21H,2H2,1H3. The zero-order chi connectivity index (χ0) is 21.3. The maximum atomic E-state index is 12.7. The highest BCUT2D eigenvalue weighted by atomic mass is 32.1. The lowest BCUT2D eigenvalue weighted by Gasteiger charge is -2.15. The number of ether oxygens (including phenoxy) is 1. The first-order valence-electron chi connectivity index (χ1n) is 9.51. The van der Waals surface area contributed by atoms with Crippen molar-refractivity contribution in [1.29, 1.82) is 0 Å². The fourth-order valence-electron chi connectivity index (χ4n) is 2.80. The van der Waals surface area contributed by atoms with Crippen molar-refractivity contribution in [1.82, 2.24) is 4.73 Å². The van der Waals surface area contributed by atoms with E-state index < -0.39 is 18.0 Å². The van der Waals surface area contributed by atoms with Crippen molar-refractivity contribution in [3.63, 3.8) is 0 Å². The molecule has 1 unspecified atom stereocenters. The highest BCUT2D eigenvalue weighted by Crippen LogP contribution is 2.23. The molecule has 0 amide bonds. The molecule has 3 aromatic rings. The van der Waals surface area contributed by atoms with Crippen LogP contribution < -0.4 is 4.84 Å². The summed E-state index contributed by atoms with van der Waals surface area (Å²) >= 11 is 5.11. The van der Waals surface area contributed by atoms with Gasteiger partial charge in [-0.2, -0.15) is 4.73 Å². The lowest BCUT2D eigenvalue weighted by molar-refractivity contribution is -0.165. The van der Waals surface area contributed by atoms with Gasteiger partial charge in [-0.25, -0.2) is 9.59 Å². The summed E-state index contributed by atoms with van der Waals surface area (Å²) in [5.74, 6) is -1.32. The Morgan fingerprint density at radius 1 is 0.933 bits per heavy atom. The minimum absolute atomic E-state index is 0.268. The molecule has 3 rings (SSSR count). The Labute approximate surface area is 180 Å². The quantitative estimate of drug-likeness (QED) is 0.318. The van der Waals surface area contributed by atoms with Crippen LogP contribution in [0.1, 0.15) is 24.5 Å². The molecule has 0 spiro atoms. The number of benzene rings is 2. The number of rotatable bonds is 7. The average Bonchev–Trinajstić information content (AvgIpc) is 2.78. The van der Waals surface area contributed by atoms with E-state index in [1.54, 1.807) is 25.1 Å². The highest BCUT2D eigenvalue weighted by molar-refractivity contribution is 7.71. The zero-order valence-corrected chi connectivity index (χ0v) is 17.2. The topological polar surface area (TPSA) is 57.5 Å². The summed E-state index contributed by atoms with van der Waals surface area (Å²) in [6, 6.07) is 24.1. The van der Waals surface area contributed by atoms with Gasteiger partial charge in [0, 0.05) is 12.3 Å². The Hall–Kier alpha value is -3.51. The van der Waals surface area contributed by atoms with E-state index in [9.17, 15) is 9.59 Å². The molecule has 6 heteroatoms. The molecule has 0 saturated carbocycles. The number of hydrogen-bond acceptors (Lipinski definition) is 5. The molecule has 1 heterocycles. The second-order valence-electron chi connectivity index (χ2n) is 6.40. The van der Waals surface area contributed by atoms with Crippen molar-refractivity contribution >= 4 is 29.7 Å². The predicted octanol–water partition coefficient (Wildman–Crippen LogP) is 4.63. The van der Waals surface area contributed by atoms with Crippen LogP contribution in [0, 0.1) is 4.64 Å². The van der Waals surface area contributed by atoms with Gasteiger partial charge in [-0.3, -0.25) is 0 Å². The van der Waals surface area contributed by atoms with Gasteiger partial charge in [0.25, 0.3) is 0 Å². The van der Waals surface area contributed by atoms with Gasteiger partial charge in [-0.1, -0.05) is 85.9 Å². The van der Waals surface area contributed by atoms with Crippen LogP contribution in [0.5, 0.6) is 0 Å². The Bertz CT molecular complexity index is 1050. The van der Waals surface area contributed by atoms with Gasteiger partial charge >= 0.3 is 11.9 Å². The Morgan fingerprint density at radius 3 is 2.03 bits per heavy atom. The number of pyridine rings is 1. The minimum atomic E-state index is -1.05. The number of carbonyl (C=O) groups excluding carboxylic acids is 2. The van der Waals surface area contributed by atoms with Gasteiger partial charge in [-0.15, -0.1) is 0 Å². The van der Waals surface area contributed by atoms with Gasteiger partial charge in [0.2, 0.25) is 6.10 Å². The molecule has 152 valence electrons. The van der Waals surface area contributed by atoms with Gasteiger partial charge in [0.15, 0.2) is 0 Å². The first kappa shape index (κ1) is 21.2. The predicted molar refractivity (Wildman–Crippen MR) is 117 cm³/mol. The molecule has 2 aromatic carbocycles. The summed E-state index contributed by atoms with van der Waals surface area (Å²) in [5, 5.41) is 0. The van der Waals surface area contributed by atoms with E-state index in [0.29, 0.717) is 10.2 Å². The molecule has 0 fully saturated rings. The molecule has 0 aliphatic heterocycles. The molecule has 0 aliphatic rings. The first-order valence-corrected chi connectivity index (χ1v) is 9.92. The normalized spacial score (nSPS) is 11.2. The molecule has 0 saturated heterocycles. The van der Waals surface area contributed by atoms with Crippen LogP contribution in [0.4, 0.5) is 0 Å². The van der Waals surface area contributed by atoms with Crippen molar-refractivity contribution in [2.45, 2.75) is 19.4 Å². The molecule has 1 atom stereocenters. The number of esters is 1. The van der Waals surface area contributed by atoms with Crippen LogP contribution in [-0.2, 0) is 14.3 Å². The minimum Gasteiger partial charge on any atom is -0.447 e. The van der Waals surface area contributed by atoms with Crippen LogP contribution >= 0.6 is 12.2 Å². The van der Waals surface area contributed by atoms with Crippen LogP contribution in [0.25, 0.3) is 5.57 Å². The largest absolute Gasteiger partial charge is 0.447 e. The van der Waals surface area contributed by atoms with E-state index in [2.05, 4.69) is 0 Å². The summed E-state index contributed by atoms with van der Waals surface area (Å²) in [6.45, 7) is 1.74. The lowest BCUT2D eigenvalue weighted by atomic mass is 9.98. The average molecular weight is 420 g/mol. The smallest absolute Gasteiger partial charge is 0.373 e. The van der Waals surface area contributed by atoms with Crippen molar-refractivity contribution in [3.8, 4) is 0 Å². The van der Waals surface area contributed by atoms with Gasteiger partial charge in [-0.05, 0) is 35.3 Å². The molecule has 30 heavy (non-hydrogen) atoms. The molecule has 0 bridgehead atoms. The third kappa shape index (κ3) is 5.52. The maximum Gasteiger partial charge on any atom is 0.373 e. The van der Waals surface area contributed by atoms with Crippen molar-refractivity contribution in [3.05, 3.63) is 107 Å². The number of hydrogen-bond donors (Lipinski definition) is 0. The molecule has 0 aliphatic carbocycles. The third-order valence-corrected chi connectivity index (χ3v) is 4.62. The van der Waals surface area contributed by atoms with Gasteiger partial charge in [0.1, 0.15) is 4.64 Å². The van der Waals surface area contributed by atoms with Crippen molar-refractivity contribution in [2.75, 3.05) is 0 Å². The second kappa shape index (κ2) is 10.3. The van der Waals surface area contributed by atoms with Crippen LogP contribution in [-0.4, -0.2) is 22.8 Å². The summed E-state index contributed by atoms with van der Waals surface area (Å²) in [4.78, 5) is 30.4. The molecule has 0 N–H and O–H groups in total. The SMILES string of the molecule is CCC(OC(=O)C=C(c1ccccc1)c1ccccc1)C(=O)On1ccccc1=S. The number of carbonyl (C=O) groups is 2. The Balaban J connectivity index is 1.80. The van der Waals surface area contributed by atoms with E-state index in [1.165, 1.54) is 17.0 Å². The zero-order valence-electron chi connectivity index (χ0n) is 16.4. The summed E-state index contributed by atoms with van der Waals surface area (Å²) in [7, 11) is 0. The van der Waals surface area contributed by atoms with E-state index >= 15 is 0 Å². The first-order chi connectivity index (χ1) is 14.6. The molecule has 5 nitrogen and oxygen atoms in total. The summed E-state index contributed by atoms with van der Waals surface area (Å²) < 4.78 is 6.92. The van der Waals surface area contributed by atoms with Gasteiger partial charge < -0.3 is 9.57 Å². The Kier molecular flexibility index (Phi) is 7.29. The van der Waals surface area contributed by atoms with E-state index in [0.717, 1.165) is 11.1 Å². The summed E-state index contributed by atoms with van der Waals surface area (Å²) in [5.41, 5.74) is 2.44. The van der Waals surface area contributed by atoms with E-state index in [4.69, 9.17) is 21.8 Å². The van der Waals surface area contributed by atoms with E-state index in [-0.39, 0.29) is 6.42 Å². The molecule has 1 aromatic heterocycles. The number of aromatic nitrogens is 1. The van der Waals surface area contributed by atoms with Crippen molar-refractivity contribution in [2.24, 2.45) is 0 Å². The highest BCUT2D eigenvalue weighted by Gasteiger charge is 2.23. The van der Waals surface area contributed by atoms with Crippen LogP contribution in [0.15, 0.2) is 91.1 Å². The Morgan fingerprint density at radius 2 is 1.50 bits per heavy atom. The molecule has 0 radical (unpaired) electrons. The van der Waals surface area contributed by atoms with Gasteiger partial charge in [0.05, 0.1) is 0 Å². The van der Waals surface area contributed by atoms with E-state index in [1.807, 2.05) is 60.7 Å². The fourth-order valence-corrected chi connectivity index (χ4v) is 2.98. The summed E-state index contributed by atoms with van der Waals surface area (Å²) in [6.07, 6.45) is 2.14. The lowest BCUT2D eigenvalue weighted by Crippen LogP contribution is -2.34. The fraction of sp³-hybridized carbons (Fsp3) is 0.125. The van der Waals surface area contributed by atoms with Crippen LogP contribution in [0.3, 0.4) is 0 Å². The second-order valence-corrected chi connectivity index (χ2v) is 6.82. The number of nitrogens with zero attached hydrogens (tertiary/aromatic N) is 1. The monoisotopic (exact) mass is 419 g/mol.